The minimum atomic E-state index is 0.105. The van der Waals surface area contributed by atoms with Crippen LogP contribution in [0.5, 0.6) is 11.5 Å². The summed E-state index contributed by atoms with van der Waals surface area (Å²) in [6.45, 7) is 2.89. The average Bonchev–Trinajstić information content (AvgIpc) is 3.13. The summed E-state index contributed by atoms with van der Waals surface area (Å²) in [5.41, 5.74) is 0.951. The molecule has 4 nitrogen and oxygen atoms in total. The van der Waals surface area contributed by atoms with Crippen molar-refractivity contribution in [2.75, 3.05) is 26.8 Å². The quantitative estimate of drug-likeness (QED) is 0.893. The van der Waals surface area contributed by atoms with Gasteiger partial charge in [-0.25, -0.2) is 0 Å². The maximum atomic E-state index is 9.22. The minimum absolute atomic E-state index is 0.105. The first-order valence-electron chi connectivity index (χ1n) is 8.95. The van der Waals surface area contributed by atoms with Gasteiger partial charge in [-0.05, 0) is 62.9 Å². The van der Waals surface area contributed by atoms with E-state index in [1.54, 1.807) is 18.2 Å². The summed E-state index contributed by atoms with van der Waals surface area (Å²) in [5.74, 6) is 0.570. The predicted molar refractivity (Wildman–Crippen MR) is 93.1 cm³/mol. The number of phenolic OH excluding ortho intramolecular Hbond substituents is 1. The molecule has 0 amide bonds. The Morgan fingerprint density at radius 1 is 1.09 bits per heavy atom. The van der Waals surface area contributed by atoms with Gasteiger partial charge in [-0.3, -0.25) is 0 Å². The van der Waals surface area contributed by atoms with Gasteiger partial charge in [0.15, 0.2) is 11.5 Å². The first-order chi connectivity index (χ1) is 11.2. The highest BCUT2D eigenvalue weighted by Crippen LogP contribution is 2.26. The molecule has 0 unspecified atom stereocenters. The number of methoxy groups -OCH3 is 1. The average molecular weight is 321 g/mol. The van der Waals surface area contributed by atoms with Crippen molar-refractivity contribution < 1.29 is 14.9 Å². The van der Waals surface area contributed by atoms with Crippen LogP contribution in [0.15, 0.2) is 18.2 Å². The van der Waals surface area contributed by atoms with E-state index in [0.29, 0.717) is 12.2 Å². The zero-order chi connectivity index (χ0) is 16.5. The lowest BCUT2D eigenvalue weighted by Gasteiger charge is -2.30. The van der Waals surface area contributed by atoms with Gasteiger partial charge in [-0.2, -0.15) is 0 Å². The molecule has 4 heteroatoms. The molecule has 1 heterocycles. The summed E-state index contributed by atoms with van der Waals surface area (Å²) in [6.07, 6.45) is 10.9. The second-order valence-electron chi connectivity index (χ2n) is 6.51. The zero-order valence-electron chi connectivity index (χ0n) is 14.3. The van der Waals surface area contributed by atoms with Crippen molar-refractivity contribution in [3.05, 3.63) is 23.8 Å². The Kier molecular flexibility index (Phi) is 7.69. The number of aliphatic hydroxyl groups is 1. The second kappa shape index (κ2) is 9.78. The van der Waals surface area contributed by atoms with Crippen LogP contribution in [0.1, 0.15) is 50.5 Å². The third kappa shape index (κ3) is 5.70. The number of nitrogens with zero attached hydrogens (tertiary/aromatic N) is 1. The highest BCUT2D eigenvalue weighted by atomic mass is 16.5. The van der Waals surface area contributed by atoms with E-state index < -0.39 is 0 Å². The molecule has 130 valence electrons. The molecule has 1 aromatic rings. The van der Waals surface area contributed by atoms with Crippen LogP contribution in [-0.4, -0.2) is 48.0 Å². The summed E-state index contributed by atoms with van der Waals surface area (Å²) in [7, 11) is 1.50. The molecule has 2 fully saturated rings. The standard InChI is InChI=1S/C10H19N.C9H12O3/c1-2-6-10(7-3-1)11-8-4-5-9-11;1-12-9-6-7(4-5-10)2-3-8(9)11/h10H,1-9H2;2-3,6,10-11H,4-5H2,1H3. The Hall–Kier alpha value is -1.26. The lowest BCUT2D eigenvalue weighted by atomic mass is 9.94. The summed E-state index contributed by atoms with van der Waals surface area (Å²) in [5, 5.41) is 17.9. The van der Waals surface area contributed by atoms with E-state index in [-0.39, 0.29) is 12.4 Å². The summed E-state index contributed by atoms with van der Waals surface area (Å²) in [4.78, 5) is 2.72. The van der Waals surface area contributed by atoms with Gasteiger partial charge in [0.25, 0.3) is 0 Å². The molecule has 2 aliphatic rings. The molecule has 1 saturated carbocycles. The maximum Gasteiger partial charge on any atom is 0.160 e. The molecular formula is C19H31NO3. The van der Waals surface area contributed by atoms with Crippen LogP contribution in [0.4, 0.5) is 0 Å². The number of hydrogen-bond acceptors (Lipinski definition) is 4. The molecule has 3 rings (SSSR count). The molecular weight excluding hydrogens is 290 g/mol. The monoisotopic (exact) mass is 321 g/mol. The number of hydrogen-bond donors (Lipinski definition) is 2. The number of benzene rings is 1. The molecule has 0 spiro atoms. The Labute approximate surface area is 140 Å². The molecule has 0 aromatic heterocycles. The first kappa shape index (κ1) is 18.1. The molecule has 23 heavy (non-hydrogen) atoms. The normalized spacial score (nSPS) is 19.2. The first-order valence-corrected chi connectivity index (χ1v) is 8.95. The number of phenols is 1. The lowest BCUT2D eigenvalue weighted by molar-refractivity contribution is 0.191. The van der Waals surface area contributed by atoms with Crippen molar-refractivity contribution >= 4 is 0 Å². The third-order valence-electron chi connectivity index (χ3n) is 4.88. The van der Waals surface area contributed by atoms with Crippen molar-refractivity contribution in [2.45, 2.75) is 57.4 Å². The fourth-order valence-electron chi connectivity index (χ4n) is 3.56. The lowest BCUT2D eigenvalue weighted by Crippen LogP contribution is -2.34. The second-order valence-corrected chi connectivity index (χ2v) is 6.51. The SMILES string of the molecule is C1CCC(N2CCCC2)CC1.COc1cc(CCO)ccc1O. The number of ether oxygens (including phenoxy) is 1. The fraction of sp³-hybridized carbons (Fsp3) is 0.684. The summed E-state index contributed by atoms with van der Waals surface area (Å²) < 4.78 is 4.90. The number of likely N-dealkylation sites (tertiary alicyclic amines) is 1. The van der Waals surface area contributed by atoms with Crippen LogP contribution in [0.25, 0.3) is 0 Å². The topological polar surface area (TPSA) is 52.9 Å². The number of aromatic hydroxyl groups is 1. The summed E-state index contributed by atoms with van der Waals surface area (Å²) in [6, 6.07) is 6.01. The van der Waals surface area contributed by atoms with E-state index in [0.717, 1.165) is 11.6 Å². The highest BCUT2D eigenvalue weighted by molar-refractivity contribution is 5.41. The van der Waals surface area contributed by atoms with E-state index in [1.165, 1.54) is 65.1 Å². The molecule has 1 saturated heterocycles. The summed E-state index contributed by atoms with van der Waals surface area (Å²) >= 11 is 0. The van der Waals surface area contributed by atoms with E-state index in [4.69, 9.17) is 9.84 Å². The molecule has 0 atom stereocenters. The van der Waals surface area contributed by atoms with Gasteiger partial charge in [-0.1, -0.05) is 25.3 Å². The molecule has 0 radical (unpaired) electrons. The van der Waals surface area contributed by atoms with Gasteiger partial charge in [-0.15, -0.1) is 0 Å². The molecule has 1 aromatic carbocycles. The van der Waals surface area contributed by atoms with Crippen LogP contribution in [0.2, 0.25) is 0 Å². The Bertz CT molecular complexity index is 452. The van der Waals surface area contributed by atoms with E-state index >= 15 is 0 Å². The van der Waals surface area contributed by atoms with Gasteiger partial charge >= 0.3 is 0 Å². The molecule has 1 aliphatic heterocycles. The maximum absolute atomic E-state index is 9.22. The highest BCUT2D eigenvalue weighted by Gasteiger charge is 2.22. The third-order valence-corrected chi connectivity index (χ3v) is 4.88. The smallest absolute Gasteiger partial charge is 0.160 e. The Balaban J connectivity index is 0.000000167. The van der Waals surface area contributed by atoms with Gasteiger partial charge in [0.2, 0.25) is 0 Å². The predicted octanol–water partition coefficient (Wildman–Crippen LogP) is 3.35. The van der Waals surface area contributed by atoms with Gasteiger partial charge in [0, 0.05) is 12.6 Å². The van der Waals surface area contributed by atoms with Crippen molar-refractivity contribution in [2.24, 2.45) is 0 Å². The number of aliphatic hydroxyl groups excluding tert-OH is 1. The van der Waals surface area contributed by atoms with E-state index in [9.17, 15) is 5.11 Å². The largest absolute Gasteiger partial charge is 0.504 e. The fourth-order valence-corrected chi connectivity index (χ4v) is 3.56. The number of rotatable bonds is 4. The van der Waals surface area contributed by atoms with Gasteiger partial charge in [0.05, 0.1) is 7.11 Å². The van der Waals surface area contributed by atoms with Crippen molar-refractivity contribution in [1.82, 2.24) is 4.90 Å². The molecule has 1 aliphatic carbocycles. The van der Waals surface area contributed by atoms with Crippen LogP contribution in [0, 0.1) is 0 Å². The molecule has 0 bridgehead atoms. The Morgan fingerprint density at radius 2 is 1.78 bits per heavy atom. The molecule has 2 N–H and O–H groups in total. The van der Waals surface area contributed by atoms with Crippen molar-refractivity contribution in [3.8, 4) is 11.5 Å². The van der Waals surface area contributed by atoms with Crippen LogP contribution in [0.3, 0.4) is 0 Å². The van der Waals surface area contributed by atoms with Crippen molar-refractivity contribution in [1.29, 1.82) is 0 Å². The zero-order valence-corrected chi connectivity index (χ0v) is 14.3. The minimum Gasteiger partial charge on any atom is -0.504 e. The van der Waals surface area contributed by atoms with Gasteiger partial charge < -0.3 is 19.8 Å². The van der Waals surface area contributed by atoms with Crippen LogP contribution < -0.4 is 4.74 Å². The van der Waals surface area contributed by atoms with Gasteiger partial charge in [0.1, 0.15) is 0 Å². The van der Waals surface area contributed by atoms with Crippen LogP contribution >= 0.6 is 0 Å². The van der Waals surface area contributed by atoms with E-state index in [2.05, 4.69) is 4.90 Å². The Morgan fingerprint density at radius 3 is 2.39 bits per heavy atom. The van der Waals surface area contributed by atoms with E-state index in [1.807, 2.05) is 0 Å². The van der Waals surface area contributed by atoms with Crippen molar-refractivity contribution in [3.63, 3.8) is 0 Å². The van der Waals surface area contributed by atoms with Crippen LogP contribution in [-0.2, 0) is 6.42 Å².